The van der Waals surface area contributed by atoms with E-state index in [-0.39, 0.29) is 16.9 Å². The zero-order valence-electron chi connectivity index (χ0n) is 15.7. The van der Waals surface area contributed by atoms with Crippen LogP contribution in [0.2, 0.25) is 0 Å². The highest BCUT2D eigenvalue weighted by Crippen LogP contribution is 2.18. The van der Waals surface area contributed by atoms with Crippen LogP contribution < -0.4 is 4.83 Å². The van der Waals surface area contributed by atoms with Crippen LogP contribution >= 0.6 is 0 Å². The van der Waals surface area contributed by atoms with Crippen LogP contribution in [0.4, 0.5) is 4.79 Å². The molecule has 7 nitrogen and oxygen atoms in total. The largest absolute Gasteiger partial charge is 0.444 e. The lowest BCUT2D eigenvalue weighted by Crippen LogP contribution is -2.42. The predicted molar refractivity (Wildman–Crippen MR) is 101 cm³/mol. The molecule has 1 aromatic carbocycles. The summed E-state index contributed by atoms with van der Waals surface area (Å²) in [7, 11) is -3.65. The standard InChI is InChI=1S/C18H27N3O4S/c1-14-5-7-16(8-6-14)26(23,24)20-19-13-15-9-11-21(12-10-15)17(22)25-18(2,3)4/h5-8,13,15,20H,9-12H2,1-4H3/b19-13+. The molecule has 26 heavy (non-hydrogen) atoms. The molecular formula is C18H27N3O4S. The van der Waals surface area contributed by atoms with Crippen molar-refractivity contribution in [1.82, 2.24) is 9.73 Å². The molecule has 1 fully saturated rings. The van der Waals surface area contributed by atoms with Crippen LogP contribution in [0.3, 0.4) is 0 Å². The van der Waals surface area contributed by atoms with Gasteiger partial charge in [-0.1, -0.05) is 17.7 Å². The van der Waals surface area contributed by atoms with Gasteiger partial charge in [0.25, 0.3) is 10.0 Å². The Morgan fingerprint density at radius 2 is 1.81 bits per heavy atom. The number of hydrogen-bond donors (Lipinski definition) is 1. The van der Waals surface area contributed by atoms with Gasteiger partial charge in [0.2, 0.25) is 0 Å². The summed E-state index contributed by atoms with van der Waals surface area (Å²) in [5.41, 5.74) is 0.480. The van der Waals surface area contributed by atoms with Gasteiger partial charge < -0.3 is 9.64 Å². The second-order valence-corrected chi connectivity index (χ2v) is 9.15. The highest BCUT2D eigenvalue weighted by atomic mass is 32.2. The molecule has 0 aliphatic carbocycles. The molecule has 0 aromatic heterocycles. The fourth-order valence-electron chi connectivity index (χ4n) is 2.53. The Bertz CT molecular complexity index is 744. The first-order valence-electron chi connectivity index (χ1n) is 8.66. The molecule has 2 rings (SSSR count). The fourth-order valence-corrected chi connectivity index (χ4v) is 3.33. The Morgan fingerprint density at radius 3 is 2.35 bits per heavy atom. The number of rotatable bonds is 4. The van der Waals surface area contributed by atoms with Crippen molar-refractivity contribution >= 4 is 22.3 Å². The normalized spacial score (nSPS) is 16.7. The van der Waals surface area contributed by atoms with Crippen molar-refractivity contribution in [2.45, 2.75) is 51.0 Å². The molecule has 0 saturated carbocycles. The lowest BCUT2D eigenvalue weighted by atomic mass is 9.99. The highest BCUT2D eigenvalue weighted by Gasteiger charge is 2.26. The molecule has 1 amide bonds. The van der Waals surface area contributed by atoms with E-state index in [0.29, 0.717) is 13.1 Å². The van der Waals surface area contributed by atoms with Gasteiger partial charge in [-0.15, -0.1) is 0 Å². The topological polar surface area (TPSA) is 88.1 Å². The molecule has 1 saturated heterocycles. The number of hydrazone groups is 1. The Balaban J connectivity index is 1.83. The van der Waals surface area contributed by atoms with Gasteiger partial charge in [-0.05, 0) is 58.6 Å². The zero-order chi connectivity index (χ0) is 19.4. The average Bonchev–Trinajstić information content (AvgIpc) is 2.54. The van der Waals surface area contributed by atoms with Gasteiger partial charge in [-0.25, -0.2) is 9.63 Å². The van der Waals surface area contributed by atoms with Crippen molar-refractivity contribution in [3.8, 4) is 0 Å². The van der Waals surface area contributed by atoms with E-state index in [1.165, 1.54) is 0 Å². The summed E-state index contributed by atoms with van der Waals surface area (Å²) >= 11 is 0. The third-order valence-electron chi connectivity index (χ3n) is 3.98. The summed E-state index contributed by atoms with van der Waals surface area (Å²) in [6.45, 7) is 8.54. The Labute approximate surface area is 155 Å². The maximum absolute atomic E-state index is 12.2. The quantitative estimate of drug-likeness (QED) is 0.642. The van der Waals surface area contributed by atoms with E-state index in [9.17, 15) is 13.2 Å². The van der Waals surface area contributed by atoms with Crippen molar-refractivity contribution in [1.29, 1.82) is 0 Å². The molecule has 8 heteroatoms. The van der Waals surface area contributed by atoms with E-state index in [1.54, 1.807) is 35.4 Å². The number of ether oxygens (including phenoxy) is 1. The van der Waals surface area contributed by atoms with Crippen molar-refractivity contribution in [2.24, 2.45) is 11.0 Å². The van der Waals surface area contributed by atoms with Gasteiger partial charge >= 0.3 is 6.09 Å². The van der Waals surface area contributed by atoms with E-state index in [2.05, 4.69) is 9.93 Å². The van der Waals surface area contributed by atoms with E-state index >= 15 is 0 Å². The van der Waals surface area contributed by atoms with Crippen molar-refractivity contribution in [3.63, 3.8) is 0 Å². The van der Waals surface area contributed by atoms with Crippen LogP contribution in [0.5, 0.6) is 0 Å². The molecule has 1 aliphatic heterocycles. The summed E-state index contributed by atoms with van der Waals surface area (Å²) in [4.78, 5) is 16.1. The highest BCUT2D eigenvalue weighted by molar-refractivity contribution is 7.89. The van der Waals surface area contributed by atoms with Crippen LogP contribution in [-0.2, 0) is 14.8 Å². The van der Waals surface area contributed by atoms with Crippen LogP contribution in [0.1, 0.15) is 39.2 Å². The maximum Gasteiger partial charge on any atom is 0.410 e. The number of amides is 1. The summed E-state index contributed by atoms with van der Waals surface area (Å²) < 4.78 is 29.7. The van der Waals surface area contributed by atoms with Gasteiger partial charge in [0.1, 0.15) is 5.60 Å². The van der Waals surface area contributed by atoms with E-state index in [4.69, 9.17) is 4.74 Å². The van der Waals surface area contributed by atoms with Crippen molar-refractivity contribution in [2.75, 3.05) is 13.1 Å². The Morgan fingerprint density at radius 1 is 1.23 bits per heavy atom. The van der Waals surface area contributed by atoms with Crippen LogP contribution in [0, 0.1) is 12.8 Å². The molecule has 144 valence electrons. The average molecular weight is 381 g/mol. The number of aryl methyl sites for hydroxylation is 1. The van der Waals surface area contributed by atoms with Gasteiger partial charge in [0.15, 0.2) is 0 Å². The zero-order valence-corrected chi connectivity index (χ0v) is 16.5. The molecule has 1 aliphatic rings. The number of benzene rings is 1. The van der Waals surface area contributed by atoms with Crippen molar-refractivity contribution in [3.05, 3.63) is 29.8 Å². The number of nitrogens with zero attached hydrogens (tertiary/aromatic N) is 2. The van der Waals surface area contributed by atoms with Gasteiger partial charge in [0, 0.05) is 19.3 Å². The first kappa shape index (κ1) is 20.2. The molecule has 0 bridgehead atoms. The number of hydrogen-bond acceptors (Lipinski definition) is 5. The summed E-state index contributed by atoms with van der Waals surface area (Å²) in [6.07, 6.45) is 2.73. The van der Waals surface area contributed by atoms with Gasteiger partial charge in [-0.3, -0.25) is 0 Å². The van der Waals surface area contributed by atoms with E-state index in [1.807, 2.05) is 27.7 Å². The molecule has 1 aromatic rings. The van der Waals surface area contributed by atoms with Crippen LogP contribution in [0.25, 0.3) is 0 Å². The number of nitrogens with one attached hydrogen (secondary N) is 1. The van der Waals surface area contributed by atoms with E-state index in [0.717, 1.165) is 18.4 Å². The van der Waals surface area contributed by atoms with Gasteiger partial charge in [-0.2, -0.15) is 13.5 Å². The minimum Gasteiger partial charge on any atom is -0.444 e. The lowest BCUT2D eigenvalue weighted by Gasteiger charge is -2.32. The summed E-state index contributed by atoms with van der Waals surface area (Å²) in [6, 6.07) is 6.58. The minimum absolute atomic E-state index is 0.120. The smallest absolute Gasteiger partial charge is 0.410 e. The molecular weight excluding hydrogens is 354 g/mol. The fraction of sp³-hybridized carbons (Fsp3) is 0.556. The second kappa shape index (κ2) is 8.07. The van der Waals surface area contributed by atoms with Gasteiger partial charge in [0.05, 0.1) is 4.90 Å². The van der Waals surface area contributed by atoms with Crippen LogP contribution in [-0.4, -0.2) is 44.3 Å². The maximum atomic E-state index is 12.2. The Kier molecular flexibility index (Phi) is 6.28. The molecule has 1 heterocycles. The summed E-state index contributed by atoms with van der Waals surface area (Å²) in [5.74, 6) is 0.120. The summed E-state index contributed by atoms with van der Waals surface area (Å²) in [5, 5.41) is 3.90. The second-order valence-electron chi connectivity index (χ2n) is 7.49. The first-order chi connectivity index (χ1) is 12.1. The number of carbonyl (C=O) groups is 1. The Hall–Kier alpha value is -2.09. The number of sulfonamides is 1. The molecule has 0 radical (unpaired) electrons. The predicted octanol–water partition coefficient (Wildman–Crippen LogP) is 2.91. The third kappa shape index (κ3) is 6.01. The molecule has 0 atom stereocenters. The monoisotopic (exact) mass is 381 g/mol. The number of piperidine rings is 1. The molecule has 0 unspecified atom stereocenters. The third-order valence-corrected chi connectivity index (χ3v) is 5.22. The lowest BCUT2D eigenvalue weighted by molar-refractivity contribution is 0.0203. The number of likely N-dealkylation sites (tertiary alicyclic amines) is 1. The van der Waals surface area contributed by atoms with Crippen LogP contribution in [0.15, 0.2) is 34.3 Å². The number of carbonyl (C=O) groups excluding carboxylic acids is 1. The molecule has 1 N–H and O–H groups in total. The minimum atomic E-state index is -3.65. The van der Waals surface area contributed by atoms with E-state index < -0.39 is 15.6 Å². The SMILES string of the molecule is Cc1ccc(S(=O)(=O)N/N=C/C2CCN(C(=O)OC(C)(C)C)CC2)cc1. The first-order valence-corrected chi connectivity index (χ1v) is 10.1. The molecule has 0 spiro atoms. The van der Waals surface area contributed by atoms with Crippen molar-refractivity contribution < 1.29 is 17.9 Å².